The maximum Gasteiger partial charge on any atom is 0.135 e. The van der Waals surface area contributed by atoms with E-state index in [1.165, 1.54) is 0 Å². The third-order valence-corrected chi connectivity index (χ3v) is 2.03. The lowest BCUT2D eigenvalue weighted by molar-refractivity contribution is -0.119. The number of rotatable bonds is 0. The summed E-state index contributed by atoms with van der Waals surface area (Å²) in [6, 6.07) is 0. The number of ketones is 1. The molecule has 0 radical (unpaired) electrons. The van der Waals surface area contributed by atoms with Gasteiger partial charge in [-0.3, -0.25) is 4.79 Å². The maximum absolute atomic E-state index is 11.0. The van der Waals surface area contributed by atoms with E-state index in [-0.39, 0.29) is 12.2 Å². The molecule has 2 unspecified atom stereocenters. The minimum absolute atomic E-state index is 0.0972. The van der Waals surface area contributed by atoms with E-state index in [1.807, 2.05) is 6.08 Å². The highest BCUT2D eigenvalue weighted by molar-refractivity contribution is 5.79. The van der Waals surface area contributed by atoms with Crippen molar-refractivity contribution in [1.82, 2.24) is 0 Å². The maximum atomic E-state index is 11.0. The fraction of sp³-hybridized carbons (Fsp3) is 0.625. The van der Waals surface area contributed by atoms with Crippen molar-refractivity contribution in [2.75, 3.05) is 0 Å². The Morgan fingerprint density at radius 1 is 1.40 bits per heavy atom. The van der Waals surface area contributed by atoms with E-state index < -0.39 is 0 Å². The van der Waals surface area contributed by atoms with Gasteiger partial charge in [-0.15, -0.1) is 0 Å². The molecule has 10 heavy (non-hydrogen) atoms. The molecule has 2 bridgehead atoms. The Bertz CT molecular complexity index is 184. The van der Waals surface area contributed by atoms with E-state index in [0.29, 0.717) is 18.6 Å². The van der Waals surface area contributed by atoms with Crippen LogP contribution < -0.4 is 0 Å². The predicted molar refractivity (Wildman–Crippen MR) is 36.7 cm³/mol. The molecule has 2 heteroatoms. The molecule has 0 saturated carbocycles. The monoisotopic (exact) mass is 138 g/mol. The van der Waals surface area contributed by atoms with E-state index in [1.54, 1.807) is 0 Å². The zero-order chi connectivity index (χ0) is 6.97. The van der Waals surface area contributed by atoms with Crippen LogP contribution in [0.25, 0.3) is 0 Å². The van der Waals surface area contributed by atoms with Gasteiger partial charge in [-0.05, 0) is 6.42 Å². The van der Waals surface area contributed by atoms with E-state index in [0.717, 1.165) is 6.42 Å². The number of Topliss-reactive ketones (excluding diaryl/α,β-unsaturated/α-hetero) is 1. The molecule has 2 nitrogen and oxygen atoms in total. The molecule has 2 aliphatic rings. The van der Waals surface area contributed by atoms with Gasteiger partial charge in [0.2, 0.25) is 0 Å². The number of ether oxygens (including phenoxy) is 1. The van der Waals surface area contributed by atoms with Gasteiger partial charge in [-0.25, -0.2) is 0 Å². The second-order valence-electron chi connectivity index (χ2n) is 2.88. The summed E-state index contributed by atoms with van der Waals surface area (Å²) in [6.07, 6.45) is 6.57. The lowest BCUT2D eigenvalue weighted by atomic mass is 10.1. The van der Waals surface area contributed by atoms with Crippen molar-refractivity contribution >= 4 is 5.78 Å². The molecule has 0 amide bonds. The largest absolute Gasteiger partial charge is 0.366 e. The van der Waals surface area contributed by atoms with Gasteiger partial charge in [0.05, 0.1) is 12.2 Å². The van der Waals surface area contributed by atoms with Gasteiger partial charge in [0.15, 0.2) is 0 Å². The SMILES string of the molecule is O=C1CCC2C=CC(C1)O2. The number of hydrogen-bond donors (Lipinski definition) is 0. The topological polar surface area (TPSA) is 26.3 Å². The van der Waals surface area contributed by atoms with Crippen LogP contribution in [0.15, 0.2) is 12.2 Å². The first-order valence-electron chi connectivity index (χ1n) is 3.70. The normalized spacial score (nSPS) is 38.2. The van der Waals surface area contributed by atoms with Crippen molar-refractivity contribution < 1.29 is 9.53 Å². The van der Waals surface area contributed by atoms with Crippen molar-refractivity contribution in [3.05, 3.63) is 12.2 Å². The molecule has 0 aromatic carbocycles. The van der Waals surface area contributed by atoms with E-state index in [9.17, 15) is 4.79 Å². The molecule has 1 fully saturated rings. The molecule has 0 spiro atoms. The van der Waals surface area contributed by atoms with E-state index >= 15 is 0 Å². The van der Waals surface area contributed by atoms with Crippen molar-refractivity contribution in [2.24, 2.45) is 0 Å². The van der Waals surface area contributed by atoms with Crippen LogP contribution in [-0.4, -0.2) is 18.0 Å². The minimum Gasteiger partial charge on any atom is -0.366 e. The van der Waals surface area contributed by atoms with Gasteiger partial charge >= 0.3 is 0 Å². The summed E-state index contributed by atoms with van der Waals surface area (Å²) in [7, 11) is 0. The zero-order valence-electron chi connectivity index (χ0n) is 5.75. The highest BCUT2D eigenvalue weighted by atomic mass is 16.5. The smallest absolute Gasteiger partial charge is 0.135 e. The van der Waals surface area contributed by atoms with Crippen LogP contribution in [0.5, 0.6) is 0 Å². The number of carbonyl (C=O) groups is 1. The Hall–Kier alpha value is -0.630. The molecule has 0 N–H and O–H groups in total. The average Bonchev–Trinajstić information content (AvgIpc) is 2.22. The molecular formula is C8H10O2. The number of carbonyl (C=O) groups excluding carboxylic acids is 1. The highest BCUT2D eigenvalue weighted by Gasteiger charge is 2.25. The standard InChI is InChI=1S/C8H10O2/c9-6-1-2-7-3-4-8(5-6)10-7/h3-4,7-8H,1-2,5H2. The molecule has 0 aromatic rings. The Balaban J connectivity index is 2.14. The summed E-state index contributed by atoms with van der Waals surface area (Å²) in [5, 5.41) is 0. The first-order valence-corrected chi connectivity index (χ1v) is 3.70. The summed E-state index contributed by atoms with van der Waals surface area (Å²) in [6.45, 7) is 0. The minimum atomic E-state index is 0.0972. The second-order valence-corrected chi connectivity index (χ2v) is 2.88. The van der Waals surface area contributed by atoms with Crippen molar-refractivity contribution in [3.63, 3.8) is 0 Å². The van der Waals surface area contributed by atoms with Crippen molar-refractivity contribution in [3.8, 4) is 0 Å². The molecule has 2 aliphatic heterocycles. The van der Waals surface area contributed by atoms with Gasteiger partial charge < -0.3 is 4.74 Å². The summed E-state index contributed by atoms with van der Waals surface area (Å²) >= 11 is 0. The molecule has 2 rings (SSSR count). The number of fused-ring (bicyclic) bond motifs is 2. The quantitative estimate of drug-likeness (QED) is 0.468. The zero-order valence-corrected chi connectivity index (χ0v) is 5.75. The summed E-state index contributed by atoms with van der Waals surface area (Å²) < 4.78 is 5.46. The summed E-state index contributed by atoms with van der Waals surface area (Å²) in [5.74, 6) is 0.344. The van der Waals surface area contributed by atoms with Gasteiger partial charge in [0, 0.05) is 12.8 Å². The van der Waals surface area contributed by atoms with Crippen LogP contribution >= 0.6 is 0 Å². The van der Waals surface area contributed by atoms with Crippen LogP contribution in [0.3, 0.4) is 0 Å². The highest BCUT2D eigenvalue weighted by Crippen LogP contribution is 2.23. The Morgan fingerprint density at radius 3 is 3.10 bits per heavy atom. The van der Waals surface area contributed by atoms with Crippen LogP contribution in [0.4, 0.5) is 0 Å². The fourth-order valence-corrected chi connectivity index (χ4v) is 1.47. The summed E-state index contributed by atoms with van der Waals surface area (Å²) in [5.41, 5.74) is 0. The average molecular weight is 138 g/mol. The predicted octanol–water partition coefficient (Wildman–Crippen LogP) is 1.06. The Morgan fingerprint density at radius 2 is 2.20 bits per heavy atom. The van der Waals surface area contributed by atoms with Crippen molar-refractivity contribution in [1.29, 1.82) is 0 Å². The Labute approximate surface area is 59.9 Å². The molecule has 2 heterocycles. The number of hydrogen-bond acceptors (Lipinski definition) is 2. The van der Waals surface area contributed by atoms with Crippen molar-refractivity contribution in [2.45, 2.75) is 31.5 Å². The Kier molecular flexibility index (Phi) is 1.34. The molecule has 54 valence electrons. The van der Waals surface area contributed by atoms with Gasteiger partial charge in [0.1, 0.15) is 5.78 Å². The molecule has 0 aliphatic carbocycles. The second kappa shape index (κ2) is 2.20. The molecule has 0 aromatic heterocycles. The van der Waals surface area contributed by atoms with E-state index in [2.05, 4.69) is 6.08 Å². The molecule has 2 atom stereocenters. The first-order chi connectivity index (χ1) is 4.84. The lowest BCUT2D eigenvalue weighted by Gasteiger charge is -2.05. The van der Waals surface area contributed by atoms with Crippen LogP contribution in [0.2, 0.25) is 0 Å². The van der Waals surface area contributed by atoms with Gasteiger partial charge in [0.25, 0.3) is 0 Å². The molecule has 1 saturated heterocycles. The van der Waals surface area contributed by atoms with Crippen LogP contribution in [-0.2, 0) is 9.53 Å². The van der Waals surface area contributed by atoms with Gasteiger partial charge in [-0.1, -0.05) is 12.2 Å². The summed E-state index contributed by atoms with van der Waals surface area (Å²) in [4.78, 5) is 11.0. The fourth-order valence-electron chi connectivity index (χ4n) is 1.47. The first kappa shape index (κ1) is 6.10. The van der Waals surface area contributed by atoms with Crippen LogP contribution in [0, 0.1) is 0 Å². The van der Waals surface area contributed by atoms with Crippen LogP contribution in [0.1, 0.15) is 19.3 Å². The van der Waals surface area contributed by atoms with E-state index in [4.69, 9.17) is 4.74 Å². The third kappa shape index (κ3) is 0.991. The lowest BCUT2D eigenvalue weighted by Crippen LogP contribution is -2.09. The molecular weight excluding hydrogens is 128 g/mol. The van der Waals surface area contributed by atoms with Gasteiger partial charge in [-0.2, -0.15) is 0 Å². The third-order valence-electron chi connectivity index (χ3n) is 2.03.